The van der Waals surface area contributed by atoms with E-state index >= 15 is 0 Å². The third kappa shape index (κ3) is 3.54. The second kappa shape index (κ2) is 6.65. The fourth-order valence-electron chi connectivity index (χ4n) is 6.31. The SMILES string of the molecule is CC(F)(F)C(=O)OC12CC3CC(C1)CC(C(=O)Oc1ccc4ccc(O)cc4c1)(C3)C2. The van der Waals surface area contributed by atoms with E-state index in [0.29, 0.717) is 38.4 Å². The first-order chi connectivity index (χ1) is 14.6. The van der Waals surface area contributed by atoms with E-state index in [1.54, 1.807) is 30.3 Å². The number of hydrogen-bond donors (Lipinski definition) is 1. The van der Waals surface area contributed by atoms with Crippen molar-refractivity contribution in [1.82, 2.24) is 0 Å². The van der Waals surface area contributed by atoms with Crippen molar-refractivity contribution in [3.63, 3.8) is 0 Å². The highest BCUT2D eigenvalue weighted by molar-refractivity contribution is 5.87. The Morgan fingerprint density at radius 1 is 1.03 bits per heavy atom. The van der Waals surface area contributed by atoms with Crippen LogP contribution in [0, 0.1) is 17.3 Å². The van der Waals surface area contributed by atoms with Crippen LogP contribution >= 0.6 is 0 Å². The zero-order chi connectivity index (χ0) is 22.0. The van der Waals surface area contributed by atoms with Gasteiger partial charge in [-0.1, -0.05) is 12.1 Å². The highest BCUT2D eigenvalue weighted by Crippen LogP contribution is 2.63. The van der Waals surface area contributed by atoms with Gasteiger partial charge in [-0.15, -0.1) is 0 Å². The van der Waals surface area contributed by atoms with Crippen LogP contribution in [0.25, 0.3) is 10.8 Å². The molecule has 2 aromatic carbocycles. The predicted octanol–water partition coefficient (Wildman–Crippen LogP) is 4.99. The first kappa shape index (κ1) is 20.2. The van der Waals surface area contributed by atoms with Crippen molar-refractivity contribution in [3.05, 3.63) is 36.4 Å². The Labute approximate surface area is 178 Å². The normalized spacial score (nSPS) is 31.6. The van der Waals surface area contributed by atoms with E-state index in [-0.39, 0.29) is 24.0 Å². The lowest BCUT2D eigenvalue weighted by atomic mass is 9.48. The van der Waals surface area contributed by atoms with Crippen LogP contribution < -0.4 is 4.74 Å². The molecule has 4 aliphatic rings. The highest BCUT2D eigenvalue weighted by atomic mass is 19.3. The number of carbonyl (C=O) groups is 2. The molecule has 7 heteroatoms. The number of fused-ring (bicyclic) bond motifs is 1. The quantitative estimate of drug-likeness (QED) is 0.547. The molecule has 2 aromatic rings. The van der Waals surface area contributed by atoms with Crippen LogP contribution in [0.5, 0.6) is 11.5 Å². The molecule has 2 atom stereocenters. The van der Waals surface area contributed by atoms with E-state index in [2.05, 4.69) is 0 Å². The maximum Gasteiger partial charge on any atom is 0.377 e. The average molecular weight is 430 g/mol. The summed E-state index contributed by atoms with van der Waals surface area (Å²) < 4.78 is 38.2. The van der Waals surface area contributed by atoms with Gasteiger partial charge < -0.3 is 14.6 Å². The number of alkyl halides is 2. The van der Waals surface area contributed by atoms with Crippen molar-refractivity contribution < 1.29 is 33.0 Å². The Balaban J connectivity index is 1.40. The molecule has 6 rings (SSSR count). The fraction of sp³-hybridized carbons (Fsp3) is 0.500. The molecule has 0 amide bonds. The minimum absolute atomic E-state index is 0.119. The maximum absolute atomic E-state index is 13.5. The minimum Gasteiger partial charge on any atom is -0.508 e. The van der Waals surface area contributed by atoms with Crippen LogP contribution in [0.4, 0.5) is 8.78 Å². The lowest BCUT2D eigenvalue weighted by Crippen LogP contribution is -2.61. The molecular formula is C24H24F2O5. The van der Waals surface area contributed by atoms with Crippen LogP contribution in [-0.2, 0) is 14.3 Å². The van der Waals surface area contributed by atoms with Crippen molar-refractivity contribution in [2.24, 2.45) is 17.3 Å². The number of phenols is 1. The summed E-state index contributed by atoms with van der Waals surface area (Å²) >= 11 is 0. The molecule has 0 spiro atoms. The van der Waals surface area contributed by atoms with Gasteiger partial charge in [0.25, 0.3) is 0 Å². The number of halogens is 2. The summed E-state index contributed by atoms with van der Waals surface area (Å²) in [6, 6.07) is 10.2. The Morgan fingerprint density at radius 2 is 1.71 bits per heavy atom. The fourth-order valence-corrected chi connectivity index (χ4v) is 6.31. The Kier molecular flexibility index (Phi) is 4.33. The van der Waals surface area contributed by atoms with E-state index in [4.69, 9.17) is 9.47 Å². The molecule has 4 bridgehead atoms. The molecule has 164 valence electrons. The van der Waals surface area contributed by atoms with Crippen LogP contribution in [0.1, 0.15) is 45.4 Å². The molecule has 2 unspecified atom stereocenters. The highest BCUT2D eigenvalue weighted by Gasteiger charge is 2.63. The van der Waals surface area contributed by atoms with Gasteiger partial charge in [-0.25, -0.2) is 4.79 Å². The van der Waals surface area contributed by atoms with E-state index < -0.39 is 28.9 Å². The van der Waals surface area contributed by atoms with Crippen LogP contribution in [0.2, 0.25) is 0 Å². The van der Waals surface area contributed by atoms with Gasteiger partial charge in [0.05, 0.1) is 5.41 Å². The minimum atomic E-state index is -3.56. The summed E-state index contributed by atoms with van der Waals surface area (Å²) in [6.07, 6.45) is 3.44. The lowest BCUT2D eigenvalue weighted by Gasteiger charge is -2.59. The molecule has 0 saturated heterocycles. The van der Waals surface area contributed by atoms with E-state index in [0.717, 1.165) is 17.2 Å². The number of hydrogen-bond acceptors (Lipinski definition) is 5. The van der Waals surface area contributed by atoms with E-state index in [1.165, 1.54) is 0 Å². The third-order valence-corrected chi connectivity index (χ3v) is 7.11. The number of esters is 2. The van der Waals surface area contributed by atoms with Gasteiger partial charge in [-0.05, 0) is 79.0 Å². The molecule has 4 fully saturated rings. The van der Waals surface area contributed by atoms with Crippen molar-refractivity contribution in [3.8, 4) is 11.5 Å². The van der Waals surface area contributed by atoms with Crippen molar-refractivity contribution in [2.45, 2.75) is 57.0 Å². The van der Waals surface area contributed by atoms with Crippen LogP contribution in [0.3, 0.4) is 0 Å². The zero-order valence-electron chi connectivity index (χ0n) is 17.2. The summed E-state index contributed by atoms with van der Waals surface area (Å²) in [5.41, 5.74) is -1.85. The molecule has 4 aliphatic carbocycles. The Hall–Kier alpha value is -2.70. The number of benzene rings is 2. The molecule has 0 heterocycles. The zero-order valence-corrected chi connectivity index (χ0v) is 17.2. The van der Waals surface area contributed by atoms with Crippen LogP contribution in [-0.4, -0.2) is 28.6 Å². The summed E-state index contributed by atoms with van der Waals surface area (Å²) in [5.74, 6) is -4.69. The van der Waals surface area contributed by atoms with Gasteiger partial charge in [-0.2, -0.15) is 8.78 Å². The number of phenolic OH excluding ortho intramolecular Hbond substituents is 1. The van der Waals surface area contributed by atoms with Crippen molar-refractivity contribution in [2.75, 3.05) is 0 Å². The van der Waals surface area contributed by atoms with Crippen molar-refractivity contribution in [1.29, 1.82) is 0 Å². The standard InChI is InChI=1S/C24H24F2O5/c1-22(25,26)20(28)31-24-11-14-6-15(12-24)10-23(9-14,13-24)21(29)30-19-5-3-16-2-4-18(27)7-17(16)8-19/h2-5,7-8,14-15,27H,6,9-13H2,1H3. The molecular weight excluding hydrogens is 406 g/mol. The molecule has 0 aromatic heterocycles. The molecule has 31 heavy (non-hydrogen) atoms. The van der Waals surface area contributed by atoms with Gasteiger partial charge in [0.15, 0.2) is 0 Å². The van der Waals surface area contributed by atoms with Gasteiger partial charge in [0.1, 0.15) is 17.1 Å². The van der Waals surface area contributed by atoms with Gasteiger partial charge in [-0.3, -0.25) is 4.79 Å². The number of carbonyl (C=O) groups excluding carboxylic acids is 2. The summed E-state index contributed by atoms with van der Waals surface area (Å²) in [4.78, 5) is 25.3. The number of rotatable bonds is 4. The first-order valence-corrected chi connectivity index (χ1v) is 10.6. The third-order valence-electron chi connectivity index (χ3n) is 7.11. The summed E-state index contributed by atoms with van der Waals surface area (Å²) in [6.45, 7) is 0.539. The summed E-state index contributed by atoms with van der Waals surface area (Å²) in [7, 11) is 0. The molecule has 4 saturated carbocycles. The number of aromatic hydroxyl groups is 1. The lowest BCUT2D eigenvalue weighted by molar-refractivity contribution is -0.222. The number of ether oxygens (including phenoxy) is 2. The van der Waals surface area contributed by atoms with Gasteiger partial charge >= 0.3 is 17.9 Å². The molecule has 5 nitrogen and oxygen atoms in total. The first-order valence-electron chi connectivity index (χ1n) is 10.6. The molecule has 0 aliphatic heterocycles. The average Bonchev–Trinajstić information content (AvgIpc) is 2.65. The monoisotopic (exact) mass is 430 g/mol. The van der Waals surface area contributed by atoms with Crippen LogP contribution in [0.15, 0.2) is 36.4 Å². The Morgan fingerprint density at radius 3 is 2.39 bits per heavy atom. The molecule has 0 radical (unpaired) electrons. The van der Waals surface area contributed by atoms with Gasteiger partial charge in [0.2, 0.25) is 0 Å². The van der Waals surface area contributed by atoms with Crippen molar-refractivity contribution >= 4 is 22.7 Å². The topological polar surface area (TPSA) is 72.8 Å². The second-order valence-corrected chi connectivity index (χ2v) is 9.79. The Bertz CT molecular complexity index is 1060. The van der Waals surface area contributed by atoms with E-state index in [1.807, 2.05) is 6.07 Å². The molecule has 1 N–H and O–H groups in total. The summed E-state index contributed by atoms with van der Waals surface area (Å²) in [5, 5.41) is 11.4. The smallest absolute Gasteiger partial charge is 0.377 e. The maximum atomic E-state index is 13.5. The van der Waals surface area contributed by atoms with Gasteiger partial charge in [0, 0.05) is 13.3 Å². The largest absolute Gasteiger partial charge is 0.508 e. The second-order valence-electron chi connectivity index (χ2n) is 9.79. The predicted molar refractivity (Wildman–Crippen MR) is 108 cm³/mol. The van der Waals surface area contributed by atoms with E-state index in [9.17, 15) is 23.5 Å².